The number of fused-ring (bicyclic) bond motifs is 2. The van der Waals surface area contributed by atoms with Crippen molar-refractivity contribution in [2.24, 2.45) is 0 Å². The normalized spacial score (nSPS) is 17.0. The molecule has 1 aromatic heterocycles. The third-order valence-electron chi connectivity index (χ3n) is 4.49. The topological polar surface area (TPSA) is 49.0 Å². The Morgan fingerprint density at radius 1 is 1.25 bits per heavy atom. The van der Waals surface area contributed by atoms with Gasteiger partial charge in [-0.3, -0.25) is 4.79 Å². The highest BCUT2D eigenvalue weighted by molar-refractivity contribution is 7.99. The number of nitrogens with one attached hydrogen (secondary N) is 1. The number of hydrogen-bond acceptors (Lipinski definition) is 3. The van der Waals surface area contributed by atoms with E-state index in [0.29, 0.717) is 5.75 Å². The number of carbonyl (C=O) groups is 1. The maximum absolute atomic E-state index is 12.8. The van der Waals surface area contributed by atoms with Crippen molar-refractivity contribution in [2.75, 3.05) is 10.7 Å². The van der Waals surface area contributed by atoms with Crippen LogP contribution >= 0.6 is 11.8 Å². The van der Waals surface area contributed by atoms with Gasteiger partial charge >= 0.3 is 0 Å². The summed E-state index contributed by atoms with van der Waals surface area (Å²) in [5, 5.41) is 0.794. The van der Waals surface area contributed by atoms with Crippen molar-refractivity contribution in [1.82, 2.24) is 9.97 Å². The Hall–Kier alpha value is -2.27. The summed E-state index contributed by atoms with van der Waals surface area (Å²) in [4.78, 5) is 22.6. The van der Waals surface area contributed by atoms with Gasteiger partial charge in [-0.1, -0.05) is 42.1 Å². The van der Waals surface area contributed by atoms with Gasteiger partial charge in [-0.2, -0.15) is 0 Å². The van der Waals surface area contributed by atoms with Gasteiger partial charge < -0.3 is 9.88 Å². The zero-order valence-corrected chi connectivity index (χ0v) is 14.3. The highest BCUT2D eigenvalue weighted by Crippen LogP contribution is 2.31. The van der Waals surface area contributed by atoms with Crippen LogP contribution in [0.15, 0.2) is 53.7 Å². The Kier molecular flexibility index (Phi) is 4.02. The highest BCUT2D eigenvalue weighted by atomic mass is 32.2. The van der Waals surface area contributed by atoms with Crippen molar-refractivity contribution in [3.8, 4) is 0 Å². The Morgan fingerprint density at radius 2 is 2.04 bits per heavy atom. The maximum atomic E-state index is 12.8. The van der Waals surface area contributed by atoms with Crippen LogP contribution in [0.1, 0.15) is 18.9 Å². The predicted octanol–water partition coefficient (Wildman–Crippen LogP) is 4.02. The fraction of sp³-hybridized carbons (Fsp3) is 0.263. The number of rotatable bonds is 3. The summed E-state index contributed by atoms with van der Waals surface area (Å²) in [7, 11) is 0. The third kappa shape index (κ3) is 2.80. The SMILES string of the molecule is C[C@H]1CCc2ccccc2N1C(=O)CSc1nc2ccccc2[nH]1. The van der Waals surface area contributed by atoms with Gasteiger partial charge in [0.05, 0.1) is 16.8 Å². The van der Waals surface area contributed by atoms with Crippen LogP contribution < -0.4 is 4.90 Å². The number of benzene rings is 2. The van der Waals surface area contributed by atoms with E-state index in [0.717, 1.165) is 34.7 Å². The molecular weight excluding hydrogens is 318 g/mol. The van der Waals surface area contributed by atoms with E-state index in [9.17, 15) is 4.79 Å². The van der Waals surface area contributed by atoms with Crippen molar-refractivity contribution in [1.29, 1.82) is 0 Å². The molecule has 4 rings (SSSR count). The summed E-state index contributed by atoms with van der Waals surface area (Å²) in [5.41, 5.74) is 4.26. The lowest BCUT2D eigenvalue weighted by Crippen LogP contribution is -2.43. The van der Waals surface area contributed by atoms with Gasteiger partial charge in [0.15, 0.2) is 5.16 Å². The summed E-state index contributed by atoms with van der Waals surface area (Å²) < 4.78 is 0. The molecule has 0 aliphatic carbocycles. The molecular formula is C19H19N3OS. The van der Waals surface area contributed by atoms with Crippen LogP contribution in [0.3, 0.4) is 0 Å². The van der Waals surface area contributed by atoms with Gasteiger partial charge in [0.25, 0.3) is 0 Å². The average Bonchev–Trinajstić information content (AvgIpc) is 3.02. The number of aromatic amines is 1. The van der Waals surface area contributed by atoms with Gasteiger partial charge in [-0.05, 0) is 43.5 Å². The molecule has 0 bridgehead atoms. The predicted molar refractivity (Wildman–Crippen MR) is 98.5 cm³/mol. The molecule has 0 unspecified atom stereocenters. The van der Waals surface area contributed by atoms with E-state index in [4.69, 9.17) is 0 Å². The molecule has 3 aromatic rings. The molecule has 4 nitrogen and oxygen atoms in total. The Labute approximate surface area is 145 Å². The van der Waals surface area contributed by atoms with E-state index in [-0.39, 0.29) is 11.9 Å². The zero-order valence-electron chi connectivity index (χ0n) is 13.5. The van der Waals surface area contributed by atoms with Gasteiger partial charge in [-0.15, -0.1) is 0 Å². The number of amides is 1. The molecule has 24 heavy (non-hydrogen) atoms. The number of carbonyl (C=O) groups excluding carboxylic acids is 1. The maximum Gasteiger partial charge on any atom is 0.237 e. The number of aryl methyl sites for hydroxylation is 1. The second-order valence-corrected chi connectivity index (χ2v) is 7.09. The number of H-pyrrole nitrogens is 1. The lowest BCUT2D eigenvalue weighted by Gasteiger charge is -2.35. The van der Waals surface area contributed by atoms with E-state index < -0.39 is 0 Å². The fourth-order valence-electron chi connectivity index (χ4n) is 3.27. The third-order valence-corrected chi connectivity index (χ3v) is 5.35. The molecule has 2 aromatic carbocycles. The monoisotopic (exact) mass is 337 g/mol. The van der Waals surface area contributed by atoms with Crippen LogP contribution in [0.4, 0.5) is 5.69 Å². The average molecular weight is 337 g/mol. The number of anilines is 1. The van der Waals surface area contributed by atoms with E-state index in [1.54, 1.807) is 0 Å². The molecule has 2 heterocycles. The Morgan fingerprint density at radius 3 is 2.92 bits per heavy atom. The first-order valence-corrected chi connectivity index (χ1v) is 9.18. The van der Waals surface area contributed by atoms with Crippen LogP contribution in [-0.4, -0.2) is 27.7 Å². The summed E-state index contributed by atoms with van der Waals surface area (Å²) >= 11 is 1.47. The first-order valence-electron chi connectivity index (χ1n) is 8.20. The number of imidazole rings is 1. The summed E-state index contributed by atoms with van der Waals surface area (Å²) in [6, 6.07) is 16.4. The van der Waals surface area contributed by atoms with Crippen molar-refractivity contribution in [3.63, 3.8) is 0 Å². The number of aromatic nitrogens is 2. The van der Waals surface area contributed by atoms with Gasteiger partial charge in [-0.25, -0.2) is 4.98 Å². The van der Waals surface area contributed by atoms with Crippen molar-refractivity contribution in [3.05, 3.63) is 54.1 Å². The molecule has 0 fully saturated rings. The minimum absolute atomic E-state index is 0.139. The zero-order chi connectivity index (χ0) is 16.5. The van der Waals surface area contributed by atoms with Gasteiger partial charge in [0.1, 0.15) is 0 Å². The Bertz CT molecular complexity index is 856. The molecule has 1 aliphatic heterocycles. The van der Waals surface area contributed by atoms with Crippen LogP contribution in [0.25, 0.3) is 11.0 Å². The minimum atomic E-state index is 0.139. The number of para-hydroxylation sites is 3. The lowest BCUT2D eigenvalue weighted by atomic mass is 9.97. The molecule has 122 valence electrons. The van der Waals surface area contributed by atoms with E-state index in [1.807, 2.05) is 41.3 Å². The smallest absolute Gasteiger partial charge is 0.237 e. The molecule has 1 N–H and O–H groups in total. The van der Waals surface area contributed by atoms with Gasteiger partial charge in [0, 0.05) is 11.7 Å². The van der Waals surface area contributed by atoms with Crippen LogP contribution in [0.2, 0.25) is 0 Å². The molecule has 0 spiro atoms. The summed E-state index contributed by atoms with van der Waals surface area (Å²) in [5.74, 6) is 0.526. The van der Waals surface area contributed by atoms with Crippen LogP contribution in [-0.2, 0) is 11.2 Å². The largest absolute Gasteiger partial charge is 0.333 e. The van der Waals surface area contributed by atoms with Crippen LogP contribution in [0, 0.1) is 0 Å². The molecule has 1 atom stereocenters. The number of thioether (sulfide) groups is 1. The molecule has 1 amide bonds. The second-order valence-electron chi connectivity index (χ2n) is 6.13. The van der Waals surface area contributed by atoms with Crippen molar-refractivity contribution < 1.29 is 4.79 Å². The second kappa shape index (κ2) is 6.32. The molecule has 5 heteroatoms. The molecule has 1 aliphatic rings. The van der Waals surface area contributed by atoms with Gasteiger partial charge in [0.2, 0.25) is 5.91 Å². The fourth-order valence-corrected chi connectivity index (χ4v) is 4.01. The molecule has 0 saturated carbocycles. The first kappa shape index (κ1) is 15.3. The summed E-state index contributed by atoms with van der Waals surface area (Å²) in [6.07, 6.45) is 2.05. The van der Waals surface area contributed by atoms with Crippen molar-refractivity contribution >= 4 is 34.4 Å². The quantitative estimate of drug-likeness (QED) is 0.734. The Balaban J connectivity index is 1.51. The summed E-state index contributed by atoms with van der Waals surface area (Å²) in [6.45, 7) is 2.12. The van der Waals surface area contributed by atoms with Crippen molar-refractivity contribution in [2.45, 2.75) is 31.0 Å². The number of hydrogen-bond donors (Lipinski definition) is 1. The number of nitrogens with zero attached hydrogens (tertiary/aromatic N) is 2. The highest BCUT2D eigenvalue weighted by Gasteiger charge is 2.27. The van der Waals surface area contributed by atoms with E-state index in [2.05, 4.69) is 29.0 Å². The van der Waals surface area contributed by atoms with Crippen LogP contribution in [0.5, 0.6) is 0 Å². The lowest BCUT2D eigenvalue weighted by molar-refractivity contribution is -0.116. The first-order chi connectivity index (χ1) is 11.7. The molecule has 0 saturated heterocycles. The minimum Gasteiger partial charge on any atom is -0.333 e. The standard InChI is InChI=1S/C19H19N3OS/c1-13-10-11-14-6-2-5-9-17(14)22(13)18(23)12-24-19-20-15-7-3-4-8-16(15)21-19/h2-9,13H,10-12H2,1H3,(H,20,21)/t13-/m0/s1. The molecule has 0 radical (unpaired) electrons. The van der Waals surface area contributed by atoms with E-state index >= 15 is 0 Å². The van der Waals surface area contributed by atoms with E-state index in [1.165, 1.54) is 17.3 Å².